The maximum atomic E-state index is 15.2. The Morgan fingerprint density at radius 1 is 0.792 bits per heavy atom. The maximum absolute atomic E-state index is 15.2. The molecular weight excluding hydrogens is 997 g/mol. The lowest BCUT2D eigenvalue weighted by Crippen LogP contribution is -2.74. The van der Waals surface area contributed by atoms with Crippen LogP contribution in [0.25, 0.3) is 11.1 Å². The van der Waals surface area contributed by atoms with E-state index in [1.807, 2.05) is 31.2 Å². The van der Waals surface area contributed by atoms with E-state index in [9.17, 15) is 29.7 Å². The number of aliphatic hydroxyl groups is 1. The van der Waals surface area contributed by atoms with Crippen molar-refractivity contribution in [1.82, 2.24) is 20.0 Å². The molecule has 8 heterocycles. The van der Waals surface area contributed by atoms with Crippen LogP contribution in [0.15, 0.2) is 66.7 Å². The summed E-state index contributed by atoms with van der Waals surface area (Å²) < 4.78 is 55.1. The van der Waals surface area contributed by atoms with Gasteiger partial charge in [0.25, 0.3) is 5.91 Å². The zero-order valence-corrected chi connectivity index (χ0v) is 42.7. The first-order valence-electron chi connectivity index (χ1n) is 26.7. The average Bonchev–Trinajstić information content (AvgIpc) is 4.28. The number of ketones is 2. The van der Waals surface area contributed by atoms with E-state index in [-0.39, 0.29) is 96.4 Å². The van der Waals surface area contributed by atoms with Crippen LogP contribution in [0, 0.1) is 0 Å². The second-order valence-electron chi connectivity index (χ2n) is 22.1. The summed E-state index contributed by atoms with van der Waals surface area (Å²) in [5, 5.41) is 40.6. The molecule has 8 fully saturated rings. The third-order valence-electron chi connectivity index (χ3n) is 18.2. The lowest BCUT2D eigenvalue weighted by molar-refractivity contribution is -0.256. The topological polar surface area (TPSA) is 234 Å². The molecule has 0 aromatic heterocycles. The van der Waals surface area contributed by atoms with Crippen LogP contribution in [0.1, 0.15) is 92.3 Å². The van der Waals surface area contributed by atoms with E-state index in [2.05, 4.69) is 39.4 Å². The quantitative estimate of drug-likeness (QED) is 0.155. The summed E-state index contributed by atoms with van der Waals surface area (Å²) in [6, 6.07) is 19.5. The predicted molar refractivity (Wildman–Crippen MR) is 267 cm³/mol. The first-order chi connectivity index (χ1) is 37.3. The molecule has 4 aromatic rings. The number of aromatic hydroxyl groups is 2. The molecule has 15 rings (SSSR count). The van der Waals surface area contributed by atoms with E-state index >= 15 is 4.79 Å². The molecule has 77 heavy (non-hydrogen) atoms. The third kappa shape index (κ3) is 7.54. The highest BCUT2D eigenvalue weighted by Gasteiger charge is 2.60. The number of alkyl carbamates (subject to hydrolysis) is 1. The highest BCUT2D eigenvalue weighted by Crippen LogP contribution is 2.54. The number of hydrogen-bond donors (Lipinski definition) is 4. The second-order valence-corrected chi connectivity index (χ2v) is 22.1. The van der Waals surface area contributed by atoms with Crippen molar-refractivity contribution in [2.75, 3.05) is 60.3 Å². The zero-order chi connectivity index (χ0) is 52.8. The lowest BCUT2D eigenvalue weighted by Gasteiger charge is -2.59. The second kappa shape index (κ2) is 18.5. The number of hydrogen-bond acceptors (Lipinski definition) is 18. The van der Waals surface area contributed by atoms with Gasteiger partial charge in [0.2, 0.25) is 5.78 Å². The third-order valence-corrected chi connectivity index (χ3v) is 18.2. The van der Waals surface area contributed by atoms with Crippen LogP contribution in [-0.2, 0) is 49.1 Å². The number of phenols is 2. The average molecular weight is 1060 g/mol. The van der Waals surface area contributed by atoms with Gasteiger partial charge in [0.05, 0.1) is 67.9 Å². The number of rotatable bonds is 9. The van der Waals surface area contributed by atoms with Crippen LogP contribution < -0.4 is 10.1 Å². The molecule has 0 spiro atoms. The monoisotopic (exact) mass is 1060 g/mol. The number of methoxy groups -OCH3 is 2. The molecule has 2 bridgehead atoms. The number of morpholine rings is 1. The van der Waals surface area contributed by atoms with Gasteiger partial charge in [0.15, 0.2) is 24.6 Å². The van der Waals surface area contributed by atoms with Crippen molar-refractivity contribution in [3.63, 3.8) is 0 Å². The number of piperazine rings is 1. The van der Waals surface area contributed by atoms with Crippen LogP contribution in [-0.4, -0.2) is 193 Å². The number of nitrogens with zero attached hydrogens (tertiary/aromatic N) is 3. The summed E-state index contributed by atoms with van der Waals surface area (Å²) in [6.07, 6.45) is -5.43. The fourth-order valence-electron chi connectivity index (χ4n) is 14.7. The van der Waals surface area contributed by atoms with Crippen LogP contribution in [0.4, 0.5) is 4.79 Å². The molecule has 0 radical (unpaired) electrons. The first-order valence-corrected chi connectivity index (χ1v) is 26.7. The fourth-order valence-corrected chi connectivity index (χ4v) is 14.7. The number of fused-ring (bicyclic) bond motifs is 12. The number of ether oxygens (including phenoxy) is 9. The molecule has 2 unspecified atom stereocenters. The van der Waals surface area contributed by atoms with Crippen molar-refractivity contribution >= 4 is 23.6 Å². The van der Waals surface area contributed by atoms with Crippen molar-refractivity contribution < 1.29 is 77.1 Å². The molecule has 4 aromatic carbocycles. The molecule has 3 aliphatic carbocycles. The molecule has 20 heteroatoms. The van der Waals surface area contributed by atoms with E-state index in [4.69, 9.17) is 42.6 Å². The molecule has 8 aliphatic heterocycles. The number of carbonyl (C=O) groups excluding carboxylic acids is 4. The zero-order valence-electron chi connectivity index (χ0n) is 42.7. The molecule has 11 aliphatic rings. The summed E-state index contributed by atoms with van der Waals surface area (Å²) >= 11 is 0. The van der Waals surface area contributed by atoms with Gasteiger partial charge in [-0.3, -0.25) is 24.2 Å². The number of carbonyl (C=O) groups is 4. The van der Waals surface area contributed by atoms with Crippen LogP contribution in [0.2, 0.25) is 0 Å². The van der Waals surface area contributed by atoms with Crippen LogP contribution >= 0.6 is 0 Å². The Kier molecular flexibility index (Phi) is 11.9. The minimum absolute atomic E-state index is 0.0169. The number of amides is 2. The molecule has 14 atom stereocenters. The van der Waals surface area contributed by atoms with Gasteiger partial charge in [-0.2, -0.15) is 0 Å². The highest BCUT2D eigenvalue weighted by molar-refractivity contribution is 6.31. The molecular formula is C57H60N4O16. The first kappa shape index (κ1) is 49.3. The van der Waals surface area contributed by atoms with Gasteiger partial charge in [-0.15, -0.1) is 0 Å². The SMILES string of the molecule is COc1cccc2c1C(=O)c1c(O)c3c(c(O)c1C2=O)C[C@@](O)(C(=O)N1C2CC1CN([C@H]1CO[C@H]4[C@@H]1OC[C@@H]4NC(=O)OCC1c4ccccc4-c4ccccc41)C2)C[C@@H]3O[C@H]1C[C@H]2[C@H](O[C@@H]3[C@@H](OC)OCCN32)[C@H](C)O1. The van der Waals surface area contributed by atoms with Gasteiger partial charge in [-0.05, 0) is 41.7 Å². The minimum atomic E-state index is -2.20. The number of benzene rings is 4. The summed E-state index contributed by atoms with van der Waals surface area (Å²) in [6.45, 7) is 4.54. The molecule has 4 N–H and O–H groups in total. The highest BCUT2D eigenvalue weighted by atomic mass is 16.7. The van der Waals surface area contributed by atoms with Crippen molar-refractivity contribution in [3.05, 3.63) is 111 Å². The summed E-state index contributed by atoms with van der Waals surface area (Å²) in [5.74, 6) is -3.23. The van der Waals surface area contributed by atoms with Crippen LogP contribution in [0.5, 0.6) is 17.2 Å². The van der Waals surface area contributed by atoms with Gasteiger partial charge in [-0.1, -0.05) is 60.7 Å². The molecule has 404 valence electrons. The maximum Gasteiger partial charge on any atom is 0.407 e. The van der Waals surface area contributed by atoms with E-state index in [0.717, 1.165) is 22.3 Å². The van der Waals surface area contributed by atoms with E-state index in [1.165, 1.54) is 19.2 Å². The van der Waals surface area contributed by atoms with Crippen molar-refractivity contribution in [2.45, 2.75) is 124 Å². The Labute approximate surface area is 442 Å². The Morgan fingerprint density at radius 2 is 1.51 bits per heavy atom. The molecule has 20 nitrogen and oxygen atoms in total. The summed E-state index contributed by atoms with van der Waals surface area (Å²) in [5.41, 5.74) is 1.31. The standard InChI is InChI=1S/C57H60N4O16/c1-26-50-37(60-15-16-71-54(70-3)53(60)77-50)18-41(75-26)76-40-20-57(68,19-34-43(40)49(65)45-44(47(34)63)46(62)33-13-8-14-39(69-2)42(33)48(45)64)55(66)61-27-17-28(61)22-59(21-27)38-25-73-51-36(24-72-52(38)51)58-56(67)74-23-35-31-11-6-4-9-29(31)30-10-5-7-12-32(30)35/h4-14,26-28,35-38,40-41,50-54,63,65,68H,15-25H2,1-3H3,(H,58,67)/t26-,27?,28?,36-,37-,38-,40-,41-,50+,51+,52+,53+,54-,57-/m0/s1. The summed E-state index contributed by atoms with van der Waals surface area (Å²) in [7, 11) is 2.92. The number of nitrogens with one attached hydrogen (secondary N) is 1. The fraction of sp³-hybridized carbons (Fsp3) is 0.509. The van der Waals surface area contributed by atoms with Gasteiger partial charge in [0, 0.05) is 86.7 Å². The predicted octanol–water partition coefficient (Wildman–Crippen LogP) is 3.51. The van der Waals surface area contributed by atoms with Gasteiger partial charge >= 0.3 is 6.09 Å². The molecule has 0 saturated carbocycles. The van der Waals surface area contributed by atoms with Crippen LogP contribution in [0.3, 0.4) is 0 Å². The number of piperidine rings is 1. The Morgan fingerprint density at radius 3 is 2.25 bits per heavy atom. The smallest absolute Gasteiger partial charge is 0.407 e. The summed E-state index contributed by atoms with van der Waals surface area (Å²) in [4.78, 5) is 63.4. The number of phenolic OH excluding ortho intramolecular Hbond substituents is 2. The largest absolute Gasteiger partial charge is 0.507 e. The van der Waals surface area contributed by atoms with E-state index in [1.54, 1.807) is 18.1 Å². The molecule has 8 saturated heterocycles. The van der Waals surface area contributed by atoms with Crippen molar-refractivity contribution in [1.29, 1.82) is 0 Å². The van der Waals surface area contributed by atoms with Gasteiger partial charge < -0.3 is 68.2 Å². The van der Waals surface area contributed by atoms with Gasteiger partial charge in [-0.25, -0.2) is 4.79 Å². The Bertz CT molecular complexity index is 3060. The normalized spacial score (nSPS) is 34.6. The van der Waals surface area contributed by atoms with Crippen molar-refractivity contribution in [2.24, 2.45) is 0 Å². The van der Waals surface area contributed by atoms with Gasteiger partial charge in [0.1, 0.15) is 47.8 Å². The van der Waals surface area contributed by atoms with E-state index in [0.29, 0.717) is 39.3 Å². The lowest BCUT2D eigenvalue weighted by atomic mass is 9.71. The molecule has 2 amide bonds. The van der Waals surface area contributed by atoms with Crippen molar-refractivity contribution in [3.8, 4) is 28.4 Å². The van der Waals surface area contributed by atoms with E-state index < -0.39 is 101 Å². The Balaban J connectivity index is 0.690. The Hall–Kier alpha value is -6.04. The minimum Gasteiger partial charge on any atom is -0.507 e.